The van der Waals surface area contributed by atoms with Gasteiger partial charge in [0, 0.05) is 9.75 Å². The predicted octanol–water partition coefficient (Wildman–Crippen LogP) is 3.78. The molecule has 0 saturated heterocycles. The van der Waals surface area contributed by atoms with Crippen molar-refractivity contribution >= 4 is 23.1 Å². The maximum absolute atomic E-state index is 12.6. The summed E-state index contributed by atoms with van der Waals surface area (Å²) in [6.45, 7) is 2.12. The Bertz CT molecular complexity index is 668. The van der Waals surface area contributed by atoms with Gasteiger partial charge < -0.3 is 10.4 Å². The third-order valence-electron chi connectivity index (χ3n) is 2.64. The van der Waals surface area contributed by atoms with Crippen molar-refractivity contribution in [2.45, 2.75) is 19.6 Å². The molecule has 0 radical (unpaired) electrons. The highest BCUT2D eigenvalue weighted by atomic mass is 32.1. The number of aromatic carboxylic acids is 1. The third kappa shape index (κ3) is 3.72. The van der Waals surface area contributed by atoms with Crippen LogP contribution in [0.3, 0.4) is 0 Å². The SMILES string of the molecule is Cc1ccc(CNc2nc(C(F)(F)F)ccc2C(=O)O)s1. The van der Waals surface area contributed by atoms with Crippen molar-refractivity contribution in [2.75, 3.05) is 5.32 Å². The van der Waals surface area contributed by atoms with E-state index in [-0.39, 0.29) is 17.9 Å². The minimum Gasteiger partial charge on any atom is -0.478 e. The van der Waals surface area contributed by atoms with Gasteiger partial charge >= 0.3 is 12.1 Å². The third-order valence-corrected chi connectivity index (χ3v) is 3.64. The lowest BCUT2D eigenvalue weighted by Gasteiger charge is -2.11. The van der Waals surface area contributed by atoms with Gasteiger partial charge in [-0.2, -0.15) is 13.2 Å². The van der Waals surface area contributed by atoms with Gasteiger partial charge in [0.1, 0.15) is 17.1 Å². The number of halogens is 3. The largest absolute Gasteiger partial charge is 0.478 e. The van der Waals surface area contributed by atoms with Crippen LogP contribution in [0.15, 0.2) is 24.3 Å². The fraction of sp³-hybridized carbons (Fsp3) is 0.231. The number of nitrogens with one attached hydrogen (secondary N) is 1. The molecule has 0 bridgehead atoms. The first kappa shape index (κ1) is 15.3. The Balaban J connectivity index is 2.28. The minimum atomic E-state index is -4.62. The molecule has 0 aliphatic carbocycles. The fourth-order valence-electron chi connectivity index (χ4n) is 1.68. The van der Waals surface area contributed by atoms with Crippen LogP contribution in [-0.4, -0.2) is 16.1 Å². The van der Waals surface area contributed by atoms with E-state index in [1.54, 1.807) is 0 Å². The van der Waals surface area contributed by atoms with E-state index in [9.17, 15) is 18.0 Å². The Morgan fingerprint density at radius 2 is 2.05 bits per heavy atom. The maximum atomic E-state index is 12.6. The van der Waals surface area contributed by atoms with E-state index in [0.717, 1.165) is 15.8 Å². The van der Waals surface area contributed by atoms with Gasteiger partial charge in [0.25, 0.3) is 0 Å². The predicted molar refractivity (Wildman–Crippen MR) is 72.6 cm³/mol. The molecule has 4 nitrogen and oxygen atoms in total. The summed E-state index contributed by atoms with van der Waals surface area (Å²) in [5.74, 6) is -1.62. The van der Waals surface area contributed by atoms with Crippen molar-refractivity contribution in [1.29, 1.82) is 0 Å². The molecule has 2 heterocycles. The average Bonchev–Trinajstić information content (AvgIpc) is 2.80. The van der Waals surface area contributed by atoms with Crippen molar-refractivity contribution in [3.8, 4) is 0 Å². The summed E-state index contributed by atoms with van der Waals surface area (Å²) in [5, 5.41) is 11.7. The van der Waals surface area contributed by atoms with Gasteiger partial charge in [-0.15, -0.1) is 11.3 Å². The van der Waals surface area contributed by atoms with Crippen LogP contribution in [0.4, 0.5) is 19.0 Å². The van der Waals surface area contributed by atoms with Crippen LogP contribution in [-0.2, 0) is 12.7 Å². The van der Waals surface area contributed by atoms with Crippen molar-refractivity contribution in [3.63, 3.8) is 0 Å². The zero-order chi connectivity index (χ0) is 15.6. The van der Waals surface area contributed by atoms with Crippen molar-refractivity contribution in [3.05, 3.63) is 45.3 Å². The van der Waals surface area contributed by atoms with Gasteiger partial charge in [0.2, 0.25) is 0 Å². The number of anilines is 1. The molecule has 112 valence electrons. The van der Waals surface area contributed by atoms with E-state index < -0.39 is 17.8 Å². The second-order valence-electron chi connectivity index (χ2n) is 4.26. The smallest absolute Gasteiger partial charge is 0.433 e. The monoisotopic (exact) mass is 316 g/mol. The number of hydrogen-bond donors (Lipinski definition) is 2. The molecule has 0 atom stereocenters. The van der Waals surface area contributed by atoms with E-state index in [2.05, 4.69) is 10.3 Å². The van der Waals surface area contributed by atoms with Crippen molar-refractivity contribution in [1.82, 2.24) is 4.98 Å². The summed E-state index contributed by atoms with van der Waals surface area (Å²) in [7, 11) is 0. The van der Waals surface area contributed by atoms with Crippen LogP contribution in [0.5, 0.6) is 0 Å². The molecule has 0 fully saturated rings. The molecule has 21 heavy (non-hydrogen) atoms. The number of carboxylic acids is 1. The van der Waals surface area contributed by atoms with Crippen LogP contribution in [0.2, 0.25) is 0 Å². The van der Waals surface area contributed by atoms with Crippen LogP contribution in [0.1, 0.15) is 25.8 Å². The fourth-order valence-corrected chi connectivity index (χ4v) is 2.51. The number of thiophene rings is 1. The number of carboxylic acid groups (broad SMARTS) is 1. The highest BCUT2D eigenvalue weighted by molar-refractivity contribution is 7.11. The zero-order valence-corrected chi connectivity index (χ0v) is 11.7. The molecular weight excluding hydrogens is 305 g/mol. The lowest BCUT2D eigenvalue weighted by Crippen LogP contribution is -2.14. The summed E-state index contributed by atoms with van der Waals surface area (Å²) in [4.78, 5) is 16.3. The Morgan fingerprint density at radius 1 is 1.33 bits per heavy atom. The summed E-state index contributed by atoms with van der Waals surface area (Å²) in [6, 6.07) is 5.25. The maximum Gasteiger partial charge on any atom is 0.433 e. The van der Waals surface area contributed by atoms with Crippen LogP contribution < -0.4 is 5.32 Å². The van der Waals surface area contributed by atoms with Gasteiger partial charge in [-0.05, 0) is 31.2 Å². The van der Waals surface area contributed by atoms with Gasteiger partial charge in [-0.3, -0.25) is 0 Å². The molecule has 0 aromatic carbocycles. The topological polar surface area (TPSA) is 62.2 Å². The molecule has 0 spiro atoms. The molecule has 2 N–H and O–H groups in total. The Labute approximate surface area is 122 Å². The van der Waals surface area contributed by atoms with Crippen LogP contribution in [0, 0.1) is 6.92 Å². The Morgan fingerprint density at radius 3 is 2.57 bits per heavy atom. The lowest BCUT2D eigenvalue weighted by atomic mass is 10.2. The highest BCUT2D eigenvalue weighted by Gasteiger charge is 2.33. The number of pyridine rings is 1. The molecule has 0 saturated carbocycles. The first-order valence-corrected chi connectivity index (χ1v) is 6.70. The average molecular weight is 316 g/mol. The van der Waals surface area contributed by atoms with Crippen molar-refractivity contribution in [2.24, 2.45) is 0 Å². The number of alkyl halides is 3. The Hall–Kier alpha value is -2.09. The molecular formula is C13H11F3N2O2S. The van der Waals surface area contributed by atoms with Gasteiger partial charge in [0.15, 0.2) is 0 Å². The van der Waals surface area contributed by atoms with Gasteiger partial charge in [-0.1, -0.05) is 0 Å². The van der Waals surface area contributed by atoms with Crippen LogP contribution in [0.25, 0.3) is 0 Å². The number of carbonyl (C=O) groups is 1. The van der Waals surface area contributed by atoms with E-state index in [4.69, 9.17) is 5.11 Å². The van der Waals surface area contributed by atoms with E-state index in [1.165, 1.54) is 11.3 Å². The second kappa shape index (κ2) is 5.72. The zero-order valence-electron chi connectivity index (χ0n) is 10.9. The summed E-state index contributed by atoms with van der Waals surface area (Å²) < 4.78 is 37.9. The summed E-state index contributed by atoms with van der Waals surface area (Å²) >= 11 is 1.47. The Kier molecular flexibility index (Phi) is 4.17. The van der Waals surface area contributed by atoms with E-state index >= 15 is 0 Å². The number of aromatic nitrogens is 1. The number of nitrogens with zero attached hydrogens (tertiary/aromatic N) is 1. The molecule has 8 heteroatoms. The highest BCUT2D eigenvalue weighted by Crippen LogP contribution is 2.29. The molecule has 2 aromatic heterocycles. The molecule has 0 amide bonds. The minimum absolute atomic E-state index is 0.215. The molecule has 0 aliphatic rings. The molecule has 0 unspecified atom stereocenters. The van der Waals surface area contributed by atoms with Gasteiger partial charge in [0.05, 0.1) is 6.54 Å². The standard InChI is InChI=1S/C13H11F3N2O2S/c1-7-2-3-8(21-7)6-17-11-9(12(19)20)4-5-10(18-11)13(14,15)16/h2-5H,6H2,1H3,(H,17,18)(H,19,20). The van der Waals surface area contributed by atoms with E-state index in [1.807, 2.05) is 19.1 Å². The quantitative estimate of drug-likeness (QED) is 0.901. The first-order chi connectivity index (χ1) is 9.77. The number of aryl methyl sites for hydroxylation is 1. The number of hydrogen-bond acceptors (Lipinski definition) is 4. The summed E-state index contributed by atoms with van der Waals surface area (Å²) in [5.41, 5.74) is -1.42. The normalized spacial score (nSPS) is 11.4. The summed E-state index contributed by atoms with van der Waals surface area (Å²) in [6.07, 6.45) is -4.62. The molecule has 2 rings (SSSR count). The molecule has 2 aromatic rings. The van der Waals surface area contributed by atoms with Crippen LogP contribution >= 0.6 is 11.3 Å². The number of rotatable bonds is 4. The first-order valence-electron chi connectivity index (χ1n) is 5.88. The molecule has 0 aliphatic heterocycles. The van der Waals surface area contributed by atoms with E-state index in [0.29, 0.717) is 6.07 Å². The second-order valence-corrected chi connectivity index (χ2v) is 5.63. The van der Waals surface area contributed by atoms with Gasteiger partial charge in [-0.25, -0.2) is 9.78 Å². The van der Waals surface area contributed by atoms with Crippen molar-refractivity contribution < 1.29 is 23.1 Å². The lowest BCUT2D eigenvalue weighted by molar-refractivity contribution is -0.141.